The molecule has 0 saturated carbocycles. The van der Waals surface area contributed by atoms with E-state index in [1.54, 1.807) is 32.4 Å². The number of carbonyl (C=O) groups is 1. The summed E-state index contributed by atoms with van der Waals surface area (Å²) in [6, 6.07) is 19.2. The van der Waals surface area contributed by atoms with Crippen LogP contribution in [0.2, 0.25) is 0 Å². The Morgan fingerprint density at radius 2 is 1.79 bits per heavy atom. The Bertz CT molecular complexity index is 1170. The van der Waals surface area contributed by atoms with Gasteiger partial charge in [-0.15, -0.1) is 5.10 Å². The molecule has 0 radical (unpaired) electrons. The van der Waals surface area contributed by atoms with Gasteiger partial charge in [-0.1, -0.05) is 47.6 Å². The molecule has 0 atom stereocenters. The third-order valence-corrected chi connectivity index (χ3v) is 4.49. The Balaban J connectivity index is 1.48. The zero-order valence-corrected chi connectivity index (χ0v) is 16.0. The topological polar surface area (TPSA) is 86.5 Å². The molecule has 0 spiro atoms. The monoisotopic (exact) mass is 389 g/mol. The lowest BCUT2D eigenvalue weighted by Gasteiger charge is -2.07. The summed E-state index contributed by atoms with van der Waals surface area (Å²) < 4.78 is 16.1. The summed E-state index contributed by atoms with van der Waals surface area (Å²) in [6.07, 6.45) is 0.203. The fourth-order valence-electron chi connectivity index (χ4n) is 3.06. The molecule has 0 saturated heterocycles. The number of hydrogen-bond donors (Lipinski definition) is 1. The van der Waals surface area contributed by atoms with Crippen molar-refractivity contribution in [1.29, 1.82) is 0 Å². The number of rotatable bonds is 6. The van der Waals surface area contributed by atoms with E-state index in [2.05, 4.69) is 15.5 Å². The van der Waals surface area contributed by atoms with Gasteiger partial charge < -0.3 is 13.9 Å². The highest BCUT2D eigenvalue weighted by molar-refractivity contribution is 5.91. The van der Waals surface area contributed by atoms with Crippen LogP contribution in [0.15, 0.2) is 65.1 Å². The second-order valence-corrected chi connectivity index (χ2v) is 6.39. The van der Waals surface area contributed by atoms with Gasteiger partial charge in [0.1, 0.15) is 11.5 Å². The summed E-state index contributed by atoms with van der Waals surface area (Å²) in [4.78, 5) is 12.4. The van der Waals surface area contributed by atoms with Crippen molar-refractivity contribution in [1.82, 2.24) is 10.2 Å². The van der Waals surface area contributed by atoms with Crippen LogP contribution < -0.4 is 14.8 Å². The lowest BCUT2D eigenvalue weighted by atomic mass is 10.1. The zero-order chi connectivity index (χ0) is 20.2. The molecule has 0 fully saturated rings. The Hall–Kier alpha value is -3.87. The molecule has 4 rings (SSSR count). The molecule has 1 heterocycles. The van der Waals surface area contributed by atoms with Crippen LogP contribution in [0.4, 0.5) is 6.01 Å². The van der Waals surface area contributed by atoms with Crippen molar-refractivity contribution >= 4 is 22.7 Å². The van der Waals surface area contributed by atoms with Crippen LogP contribution in [0, 0.1) is 0 Å². The highest BCUT2D eigenvalue weighted by Crippen LogP contribution is 2.33. The summed E-state index contributed by atoms with van der Waals surface area (Å²) in [5.74, 6) is 1.18. The van der Waals surface area contributed by atoms with Gasteiger partial charge in [0, 0.05) is 6.07 Å². The minimum absolute atomic E-state index is 0.0312. The number of fused-ring (bicyclic) bond motifs is 1. The Kier molecular flexibility index (Phi) is 5.11. The third-order valence-electron chi connectivity index (χ3n) is 4.49. The molecule has 0 aliphatic heterocycles. The molecule has 3 aromatic carbocycles. The molecule has 146 valence electrons. The number of methoxy groups -OCH3 is 2. The van der Waals surface area contributed by atoms with Crippen molar-refractivity contribution in [3.63, 3.8) is 0 Å². The van der Waals surface area contributed by atoms with Gasteiger partial charge in [-0.05, 0) is 28.5 Å². The number of carbonyl (C=O) groups excluding carboxylic acids is 1. The molecule has 1 aromatic heterocycles. The van der Waals surface area contributed by atoms with Crippen molar-refractivity contribution < 1.29 is 18.7 Å². The average molecular weight is 389 g/mol. The van der Waals surface area contributed by atoms with E-state index in [4.69, 9.17) is 13.9 Å². The van der Waals surface area contributed by atoms with Gasteiger partial charge in [-0.25, -0.2) is 0 Å². The number of nitrogens with one attached hydrogen (secondary N) is 1. The standard InChI is InChI=1S/C22H19N3O4/c1-27-17-9-10-18(19(13-17)28-2)21-24-25-22(29-21)23-20(26)12-14-7-8-15-5-3-4-6-16(15)11-14/h3-11,13H,12H2,1-2H3,(H,23,25,26). The fourth-order valence-corrected chi connectivity index (χ4v) is 3.06. The highest BCUT2D eigenvalue weighted by atomic mass is 16.5. The molecular formula is C22H19N3O4. The van der Waals surface area contributed by atoms with Gasteiger partial charge >= 0.3 is 6.01 Å². The number of benzene rings is 3. The quantitative estimate of drug-likeness (QED) is 0.535. The van der Waals surface area contributed by atoms with Crippen LogP contribution in [0.1, 0.15) is 5.56 Å². The third kappa shape index (κ3) is 4.03. The molecule has 7 nitrogen and oxygen atoms in total. The molecule has 0 bridgehead atoms. The first-order chi connectivity index (χ1) is 14.2. The van der Waals surface area contributed by atoms with Gasteiger partial charge in [-0.3, -0.25) is 10.1 Å². The number of anilines is 1. The average Bonchev–Trinajstić information content (AvgIpc) is 3.21. The molecular weight excluding hydrogens is 370 g/mol. The van der Waals surface area contributed by atoms with Gasteiger partial charge in [0.05, 0.1) is 26.2 Å². The predicted molar refractivity (Wildman–Crippen MR) is 109 cm³/mol. The minimum atomic E-state index is -0.239. The van der Waals surface area contributed by atoms with Crippen LogP contribution in [0.5, 0.6) is 11.5 Å². The first kappa shape index (κ1) is 18.5. The predicted octanol–water partition coefficient (Wildman–Crippen LogP) is 4.09. The van der Waals surface area contributed by atoms with E-state index >= 15 is 0 Å². The first-order valence-electron chi connectivity index (χ1n) is 8.99. The molecule has 0 unspecified atom stereocenters. The van der Waals surface area contributed by atoms with Crippen LogP contribution in [0.3, 0.4) is 0 Å². The second kappa shape index (κ2) is 8.02. The molecule has 0 aliphatic rings. The summed E-state index contributed by atoms with van der Waals surface area (Å²) in [5.41, 5.74) is 1.51. The number of ether oxygens (including phenoxy) is 2. The molecule has 29 heavy (non-hydrogen) atoms. The molecule has 0 aliphatic carbocycles. The molecule has 7 heteroatoms. The Morgan fingerprint density at radius 3 is 2.59 bits per heavy atom. The normalized spacial score (nSPS) is 10.7. The SMILES string of the molecule is COc1ccc(-c2nnc(NC(=O)Cc3ccc4ccccc4c3)o2)c(OC)c1. The minimum Gasteiger partial charge on any atom is -0.497 e. The zero-order valence-electron chi connectivity index (χ0n) is 16.0. The highest BCUT2D eigenvalue weighted by Gasteiger charge is 2.16. The van der Waals surface area contributed by atoms with Gasteiger partial charge in [0.25, 0.3) is 5.89 Å². The van der Waals surface area contributed by atoms with Crippen molar-refractivity contribution in [2.24, 2.45) is 0 Å². The Labute approximate surface area is 167 Å². The first-order valence-corrected chi connectivity index (χ1v) is 8.99. The maximum atomic E-state index is 12.4. The number of aromatic nitrogens is 2. The van der Waals surface area contributed by atoms with E-state index < -0.39 is 0 Å². The van der Waals surface area contributed by atoms with Crippen molar-refractivity contribution in [3.8, 4) is 23.0 Å². The van der Waals surface area contributed by atoms with Gasteiger partial charge in [0.15, 0.2) is 0 Å². The maximum absolute atomic E-state index is 12.4. The number of nitrogens with zero attached hydrogens (tertiary/aromatic N) is 2. The van der Waals surface area contributed by atoms with Crippen molar-refractivity contribution in [3.05, 3.63) is 66.2 Å². The van der Waals surface area contributed by atoms with E-state index in [0.29, 0.717) is 17.1 Å². The van der Waals surface area contributed by atoms with Crippen molar-refractivity contribution in [2.75, 3.05) is 19.5 Å². The Morgan fingerprint density at radius 1 is 0.966 bits per heavy atom. The van der Waals surface area contributed by atoms with E-state index in [1.807, 2.05) is 42.5 Å². The van der Waals surface area contributed by atoms with E-state index in [1.165, 1.54) is 0 Å². The van der Waals surface area contributed by atoms with Gasteiger partial charge in [-0.2, -0.15) is 0 Å². The fraction of sp³-hybridized carbons (Fsp3) is 0.136. The lowest BCUT2D eigenvalue weighted by Crippen LogP contribution is -2.14. The van der Waals surface area contributed by atoms with E-state index in [9.17, 15) is 4.79 Å². The maximum Gasteiger partial charge on any atom is 0.322 e. The second-order valence-electron chi connectivity index (χ2n) is 6.39. The summed E-state index contributed by atoms with van der Waals surface area (Å²) in [7, 11) is 3.12. The van der Waals surface area contributed by atoms with Crippen LogP contribution in [-0.2, 0) is 11.2 Å². The van der Waals surface area contributed by atoms with Crippen LogP contribution in [0.25, 0.3) is 22.2 Å². The summed E-state index contributed by atoms with van der Waals surface area (Å²) in [5, 5.41) is 12.8. The molecule has 1 amide bonds. The number of hydrogen-bond acceptors (Lipinski definition) is 6. The largest absolute Gasteiger partial charge is 0.497 e. The van der Waals surface area contributed by atoms with E-state index in [-0.39, 0.29) is 24.2 Å². The molecule has 1 N–H and O–H groups in total. The van der Waals surface area contributed by atoms with Crippen LogP contribution >= 0.6 is 0 Å². The number of amides is 1. The molecule has 4 aromatic rings. The smallest absolute Gasteiger partial charge is 0.322 e. The summed E-state index contributed by atoms with van der Waals surface area (Å²) in [6.45, 7) is 0. The lowest BCUT2D eigenvalue weighted by molar-refractivity contribution is -0.115. The van der Waals surface area contributed by atoms with Crippen molar-refractivity contribution in [2.45, 2.75) is 6.42 Å². The van der Waals surface area contributed by atoms with Crippen LogP contribution in [-0.4, -0.2) is 30.3 Å². The van der Waals surface area contributed by atoms with E-state index in [0.717, 1.165) is 16.3 Å². The van der Waals surface area contributed by atoms with Gasteiger partial charge in [0.2, 0.25) is 5.91 Å². The summed E-state index contributed by atoms with van der Waals surface area (Å²) >= 11 is 0.